The van der Waals surface area contributed by atoms with Crippen LogP contribution in [0.5, 0.6) is 5.75 Å². The van der Waals surface area contributed by atoms with Gasteiger partial charge in [0, 0.05) is 5.56 Å². The number of rotatable bonds is 4. The minimum absolute atomic E-state index is 0.164. The van der Waals surface area contributed by atoms with Crippen LogP contribution in [0.2, 0.25) is 0 Å². The Hall–Kier alpha value is -4.28. The van der Waals surface area contributed by atoms with Gasteiger partial charge in [-0.1, -0.05) is 12.1 Å². The fourth-order valence-electron chi connectivity index (χ4n) is 2.35. The molecule has 7 nitrogen and oxygen atoms in total. The number of nitriles is 3. The maximum Gasteiger partial charge on any atom is 0.227 e. The SMILES string of the molecule is COc1ccc(-c2nc3ccccc3o2)cc1NC(C#N)=C(C#N)C#N. The summed E-state index contributed by atoms with van der Waals surface area (Å²) in [7, 11) is 1.48. The molecule has 0 atom stereocenters. The average Bonchev–Trinajstić information content (AvgIpc) is 3.12. The van der Waals surface area contributed by atoms with Crippen molar-refractivity contribution < 1.29 is 9.15 Å². The molecule has 1 aromatic heterocycles. The van der Waals surface area contributed by atoms with E-state index in [9.17, 15) is 5.26 Å². The van der Waals surface area contributed by atoms with E-state index in [1.54, 1.807) is 30.3 Å². The number of nitrogens with zero attached hydrogens (tertiary/aromatic N) is 4. The Labute approximate surface area is 149 Å². The predicted molar refractivity (Wildman–Crippen MR) is 93.5 cm³/mol. The maximum absolute atomic E-state index is 9.22. The molecule has 2 aromatic carbocycles. The van der Waals surface area contributed by atoms with E-state index in [1.165, 1.54) is 7.11 Å². The van der Waals surface area contributed by atoms with Crippen molar-refractivity contribution >= 4 is 16.8 Å². The van der Waals surface area contributed by atoms with Gasteiger partial charge in [0.1, 0.15) is 35.2 Å². The summed E-state index contributed by atoms with van der Waals surface area (Å²) >= 11 is 0. The predicted octanol–water partition coefficient (Wildman–Crippen LogP) is 3.74. The normalized spacial score (nSPS) is 9.62. The van der Waals surface area contributed by atoms with E-state index in [0.29, 0.717) is 28.5 Å². The lowest BCUT2D eigenvalue weighted by Crippen LogP contribution is -2.02. The van der Waals surface area contributed by atoms with Crippen LogP contribution in [0, 0.1) is 34.0 Å². The van der Waals surface area contributed by atoms with Gasteiger partial charge in [-0.2, -0.15) is 15.8 Å². The van der Waals surface area contributed by atoms with Gasteiger partial charge in [0.05, 0.1) is 12.8 Å². The van der Waals surface area contributed by atoms with E-state index < -0.39 is 0 Å². The highest BCUT2D eigenvalue weighted by molar-refractivity contribution is 5.78. The van der Waals surface area contributed by atoms with Crippen molar-refractivity contribution in [1.29, 1.82) is 15.8 Å². The second kappa shape index (κ2) is 7.09. The summed E-state index contributed by atoms with van der Waals surface area (Å²) in [5.74, 6) is 0.841. The van der Waals surface area contributed by atoms with Crippen LogP contribution >= 0.6 is 0 Å². The van der Waals surface area contributed by atoms with E-state index in [1.807, 2.05) is 30.3 Å². The van der Waals surface area contributed by atoms with Crippen LogP contribution in [0.3, 0.4) is 0 Å². The number of para-hydroxylation sites is 2. The second-order valence-electron chi connectivity index (χ2n) is 5.11. The fourth-order valence-corrected chi connectivity index (χ4v) is 2.35. The van der Waals surface area contributed by atoms with Gasteiger partial charge in [0.2, 0.25) is 5.89 Å². The highest BCUT2D eigenvalue weighted by Crippen LogP contribution is 2.32. The number of anilines is 1. The van der Waals surface area contributed by atoms with Gasteiger partial charge in [0.25, 0.3) is 0 Å². The molecule has 0 bridgehead atoms. The van der Waals surface area contributed by atoms with Crippen molar-refractivity contribution in [2.45, 2.75) is 0 Å². The molecule has 0 radical (unpaired) electrons. The minimum atomic E-state index is -0.318. The van der Waals surface area contributed by atoms with Crippen molar-refractivity contribution in [3.05, 3.63) is 53.7 Å². The summed E-state index contributed by atoms with van der Waals surface area (Å²) in [6.45, 7) is 0. The molecule has 124 valence electrons. The molecule has 0 aliphatic carbocycles. The Morgan fingerprint density at radius 1 is 1.08 bits per heavy atom. The van der Waals surface area contributed by atoms with Crippen LogP contribution in [-0.4, -0.2) is 12.1 Å². The molecule has 1 N–H and O–H groups in total. The van der Waals surface area contributed by atoms with E-state index in [2.05, 4.69) is 10.3 Å². The smallest absolute Gasteiger partial charge is 0.227 e. The number of ether oxygens (including phenoxy) is 1. The Bertz CT molecular complexity index is 1090. The first-order chi connectivity index (χ1) is 12.7. The third kappa shape index (κ3) is 3.03. The number of methoxy groups -OCH3 is 1. The average molecular weight is 341 g/mol. The van der Waals surface area contributed by atoms with Crippen LogP contribution in [0.25, 0.3) is 22.6 Å². The highest BCUT2D eigenvalue weighted by atomic mass is 16.5. The van der Waals surface area contributed by atoms with E-state index in [0.717, 1.165) is 5.52 Å². The molecule has 7 heteroatoms. The van der Waals surface area contributed by atoms with Crippen molar-refractivity contribution in [2.24, 2.45) is 0 Å². The number of allylic oxidation sites excluding steroid dienone is 2. The van der Waals surface area contributed by atoms with Crippen LogP contribution in [0.15, 0.2) is 58.2 Å². The Balaban J connectivity index is 2.07. The molecule has 0 saturated carbocycles. The number of fused-ring (bicyclic) bond motifs is 1. The zero-order valence-electron chi connectivity index (χ0n) is 13.6. The molecule has 0 amide bonds. The number of aromatic nitrogens is 1. The van der Waals surface area contributed by atoms with E-state index >= 15 is 0 Å². The number of hydrogen-bond acceptors (Lipinski definition) is 7. The standard InChI is InChI=1S/C19H11N5O2/c1-25-17-7-6-12(19-24-14-4-2-3-5-18(14)26-19)8-15(17)23-16(11-22)13(9-20)10-21/h2-8,23H,1H3. The van der Waals surface area contributed by atoms with Gasteiger partial charge >= 0.3 is 0 Å². The van der Waals surface area contributed by atoms with Crippen LogP contribution in [0.4, 0.5) is 5.69 Å². The first-order valence-electron chi connectivity index (χ1n) is 7.45. The Morgan fingerprint density at radius 2 is 1.85 bits per heavy atom. The van der Waals surface area contributed by atoms with E-state index in [4.69, 9.17) is 19.7 Å². The van der Waals surface area contributed by atoms with Gasteiger partial charge < -0.3 is 14.5 Å². The van der Waals surface area contributed by atoms with Crippen molar-refractivity contribution in [3.8, 4) is 35.4 Å². The molecule has 0 fully saturated rings. The van der Waals surface area contributed by atoms with Crippen LogP contribution in [0.1, 0.15) is 0 Å². The lowest BCUT2D eigenvalue weighted by molar-refractivity contribution is 0.416. The molecule has 0 spiro atoms. The summed E-state index contributed by atoms with van der Waals surface area (Å²) in [5.41, 5.74) is 1.96. The topological polar surface area (TPSA) is 119 Å². The molecular formula is C19H11N5O2. The van der Waals surface area contributed by atoms with Crippen LogP contribution in [-0.2, 0) is 0 Å². The molecular weight excluding hydrogens is 330 g/mol. The van der Waals surface area contributed by atoms with Gasteiger partial charge in [-0.05, 0) is 30.3 Å². The summed E-state index contributed by atoms with van der Waals surface area (Å²) in [6.07, 6.45) is 0. The first-order valence-corrected chi connectivity index (χ1v) is 7.45. The highest BCUT2D eigenvalue weighted by Gasteiger charge is 2.14. The number of hydrogen-bond donors (Lipinski definition) is 1. The number of benzene rings is 2. The third-order valence-corrected chi connectivity index (χ3v) is 3.59. The maximum atomic E-state index is 9.22. The minimum Gasteiger partial charge on any atom is -0.495 e. The van der Waals surface area contributed by atoms with Crippen LogP contribution < -0.4 is 10.1 Å². The summed E-state index contributed by atoms with van der Waals surface area (Å²) in [6, 6.07) is 17.7. The molecule has 0 aliphatic rings. The molecule has 3 aromatic rings. The van der Waals surface area contributed by atoms with Gasteiger partial charge in [-0.25, -0.2) is 4.98 Å². The van der Waals surface area contributed by atoms with Gasteiger partial charge in [-0.15, -0.1) is 0 Å². The Kier molecular flexibility index (Phi) is 4.52. The molecule has 0 saturated heterocycles. The lowest BCUT2D eigenvalue weighted by atomic mass is 10.1. The molecule has 1 heterocycles. The summed E-state index contributed by atoms with van der Waals surface area (Å²) < 4.78 is 11.0. The zero-order chi connectivity index (χ0) is 18.5. The molecule has 26 heavy (non-hydrogen) atoms. The van der Waals surface area contributed by atoms with Gasteiger partial charge in [0.15, 0.2) is 11.2 Å². The molecule has 0 aliphatic heterocycles. The second-order valence-corrected chi connectivity index (χ2v) is 5.11. The third-order valence-electron chi connectivity index (χ3n) is 3.59. The fraction of sp³-hybridized carbons (Fsp3) is 0.0526. The monoisotopic (exact) mass is 341 g/mol. The van der Waals surface area contributed by atoms with E-state index in [-0.39, 0.29) is 11.3 Å². The Morgan fingerprint density at radius 3 is 2.50 bits per heavy atom. The zero-order valence-corrected chi connectivity index (χ0v) is 13.6. The lowest BCUT2D eigenvalue weighted by Gasteiger charge is -2.11. The van der Waals surface area contributed by atoms with Crippen molar-refractivity contribution in [1.82, 2.24) is 4.98 Å². The van der Waals surface area contributed by atoms with Gasteiger partial charge in [-0.3, -0.25) is 0 Å². The first kappa shape index (κ1) is 16.6. The number of oxazole rings is 1. The van der Waals surface area contributed by atoms with Crippen molar-refractivity contribution in [3.63, 3.8) is 0 Å². The quantitative estimate of drug-likeness (QED) is 0.718. The number of nitrogens with one attached hydrogen (secondary N) is 1. The van der Waals surface area contributed by atoms with Crippen molar-refractivity contribution in [2.75, 3.05) is 12.4 Å². The summed E-state index contributed by atoms with van der Waals surface area (Å²) in [5, 5.41) is 29.9. The summed E-state index contributed by atoms with van der Waals surface area (Å²) in [4.78, 5) is 4.43. The largest absolute Gasteiger partial charge is 0.495 e. The molecule has 3 rings (SSSR count). The molecule has 0 unspecified atom stereocenters.